The second kappa shape index (κ2) is 6.58. The minimum Gasteiger partial charge on any atom is -0.497 e. The number of aliphatic hydroxyl groups is 1. The minimum atomic E-state index is -2.24. The first kappa shape index (κ1) is 19.1. The normalized spacial score (nSPS) is 24.8. The molecular weight excluding hydrogens is 398 g/mol. The molecule has 1 aromatic heterocycles. The van der Waals surface area contributed by atoms with Crippen LogP contribution in [-0.4, -0.2) is 40.3 Å². The van der Waals surface area contributed by atoms with E-state index in [2.05, 4.69) is 19.2 Å². The number of hydrogen-bond acceptors (Lipinski definition) is 4. The zero-order valence-electron chi connectivity index (χ0n) is 17.2. The molecular formula is C22H25N3O4Si. The number of rotatable bonds is 4. The van der Waals surface area contributed by atoms with Crippen LogP contribution in [0.15, 0.2) is 64.2 Å². The molecule has 156 valence electrons. The molecule has 1 aliphatic carbocycles. The summed E-state index contributed by atoms with van der Waals surface area (Å²) < 4.78 is 9.95. The molecule has 2 aliphatic rings. The van der Waals surface area contributed by atoms with Crippen molar-refractivity contribution in [3.8, 4) is 11.4 Å². The molecule has 0 amide bonds. The van der Waals surface area contributed by atoms with E-state index in [0.717, 1.165) is 10.9 Å². The Labute approximate surface area is 174 Å². The summed E-state index contributed by atoms with van der Waals surface area (Å²) in [5, 5.41) is 12.0. The molecule has 7 nitrogen and oxygen atoms in total. The summed E-state index contributed by atoms with van der Waals surface area (Å²) >= 11 is 0. The fraction of sp³-hybridized carbons (Fsp3) is 0.364. The molecule has 30 heavy (non-hydrogen) atoms. The number of hydrogen-bond donors (Lipinski definition) is 1. The first-order chi connectivity index (χ1) is 14.4. The lowest BCUT2D eigenvalue weighted by atomic mass is 10.2. The summed E-state index contributed by atoms with van der Waals surface area (Å²) in [6.45, 7) is 4.47. The summed E-state index contributed by atoms with van der Waals surface area (Å²) in [5.41, 5.74) is -0.143. The zero-order valence-corrected chi connectivity index (χ0v) is 18.2. The van der Waals surface area contributed by atoms with E-state index in [1.54, 1.807) is 36.1 Å². The molecule has 0 unspecified atom stereocenters. The van der Waals surface area contributed by atoms with E-state index in [-0.39, 0.29) is 23.0 Å². The highest BCUT2D eigenvalue weighted by Gasteiger charge is 2.60. The van der Waals surface area contributed by atoms with Crippen molar-refractivity contribution in [2.45, 2.75) is 43.2 Å². The van der Waals surface area contributed by atoms with Crippen LogP contribution in [0.2, 0.25) is 18.6 Å². The average Bonchev–Trinajstić information content (AvgIpc) is 3.35. The van der Waals surface area contributed by atoms with Gasteiger partial charge in [0, 0.05) is 5.54 Å². The van der Waals surface area contributed by atoms with E-state index < -0.39 is 20.2 Å². The molecule has 2 bridgehead atoms. The molecule has 1 saturated carbocycles. The molecule has 0 saturated heterocycles. The highest BCUT2D eigenvalue weighted by molar-refractivity contribution is 6.91. The summed E-state index contributed by atoms with van der Waals surface area (Å²) in [4.78, 5) is 26.7. The Morgan fingerprint density at radius 1 is 0.967 bits per heavy atom. The van der Waals surface area contributed by atoms with Gasteiger partial charge in [-0.05, 0) is 29.8 Å². The molecule has 3 aromatic rings. The SMILES string of the molecule is COc1ccccc1[Si](C)(C)[C@@H]1[C@@H]2[C@H](O)C[C@H]1n1c(=O)n(-c3ccccc3)c(=O)n12. The topological polar surface area (TPSA) is 78.4 Å². The minimum absolute atomic E-state index is 0.0228. The summed E-state index contributed by atoms with van der Waals surface area (Å²) in [7, 11) is -0.574. The Bertz CT molecular complexity index is 1230. The van der Waals surface area contributed by atoms with Gasteiger partial charge in [0.25, 0.3) is 0 Å². The van der Waals surface area contributed by atoms with Crippen LogP contribution in [0.25, 0.3) is 5.69 Å². The zero-order chi connectivity index (χ0) is 21.2. The number of fused-ring (bicyclic) bond motifs is 5. The van der Waals surface area contributed by atoms with Crippen molar-refractivity contribution in [3.63, 3.8) is 0 Å². The first-order valence-electron chi connectivity index (χ1n) is 10.2. The van der Waals surface area contributed by atoms with E-state index in [0.29, 0.717) is 12.1 Å². The van der Waals surface area contributed by atoms with Gasteiger partial charge >= 0.3 is 11.4 Å². The predicted octanol–water partition coefficient (Wildman–Crippen LogP) is 1.66. The largest absolute Gasteiger partial charge is 0.497 e. The van der Waals surface area contributed by atoms with Crippen molar-refractivity contribution < 1.29 is 9.84 Å². The van der Waals surface area contributed by atoms with Gasteiger partial charge in [0.1, 0.15) is 5.75 Å². The molecule has 4 atom stereocenters. The van der Waals surface area contributed by atoms with E-state index in [1.807, 2.05) is 24.3 Å². The Hall–Kier alpha value is -2.84. The molecule has 2 aromatic carbocycles. The van der Waals surface area contributed by atoms with Gasteiger partial charge in [-0.3, -0.25) is 0 Å². The number of benzene rings is 2. The van der Waals surface area contributed by atoms with E-state index in [9.17, 15) is 14.7 Å². The van der Waals surface area contributed by atoms with Gasteiger partial charge in [0.15, 0.2) is 0 Å². The second-order valence-corrected chi connectivity index (χ2v) is 13.4. The summed E-state index contributed by atoms with van der Waals surface area (Å²) in [6.07, 6.45) is -0.163. The Kier molecular flexibility index (Phi) is 4.20. The Morgan fingerprint density at radius 2 is 1.60 bits per heavy atom. The van der Waals surface area contributed by atoms with Crippen LogP contribution < -0.4 is 21.3 Å². The lowest BCUT2D eigenvalue weighted by molar-refractivity contribution is 0.104. The number of aromatic nitrogens is 3. The van der Waals surface area contributed by atoms with Crippen LogP contribution in [0.3, 0.4) is 0 Å². The molecule has 0 radical (unpaired) electrons. The number of para-hydroxylation sites is 2. The van der Waals surface area contributed by atoms with Crippen LogP contribution in [0.4, 0.5) is 0 Å². The number of aliphatic hydroxyl groups excluding tert-OH is 1. The van der Waals surface area contributed by atoms with Crippen molar-refractivity contribution in [2.24, 2.45) is 0 Å². The number of ether oxygens (including phenoxy) is 1. The number of methoxy groups -OCH3 is 1. The maximum Gasteiger partial charge on any atom is 0.352 e. The molecule has 1 aliphatic heterocycles. The van der Waals surface area contributed by atoms with Gasteiger partial charge in [-0.2, -0.15) is 0 Å². The van der Waals surface area contributed by atoms with Crippen molar-refractivity contribution >= 4 is 13.3 Å². The van der Waals surface area contributed by atoms with Crippen LogP contribution in [-0.2, 0) is 0 Å². The molecule has 2 heterocycles. The quantitative estimate of drug-likeness (QED) is 0.648. The van der Waals surface area contributed by atoms with E-state index >= 15 is 0 Å². The molecule has 5 rings (SSSR count). The van der Waals surface area contributed by atoms with Crippen LogP contribution in [0, 0.1) is 0 Å². The highest BCUT2D eigenvalue weighted by Crippen LogP contribution is 2.56. The summed E-state index contributed by atoms with van der Waals surface area (Å²) in [6, 6.07) is 16.3. The smallest absolute Gasteiger partial charge is 0.352 e. The lowest BCUT2D eigenvalue weighted by Crippen LogP contribution is -2.49. The fourth-order valence-electron chi connectivity index (χ4n) is 5.67. The van der Waals surface area contributed by atoms with Gasteiger partial charge in [-0.1, -0.05) is 49.5 Å². The average molecular weight is 424 g/mol. The van der Waals surface area contributed by atoms with Crippen molar-refractivity contribution in [2.75, 3.05) is 7.11 Å². The van der Waals surface area contributed by atoms with Crippen molar-refractivity contribution in [1.82, 2.24) is 13.9 Å². The monoisotopic (exact) mass is 423 g/mol. The lowest BCUT2D eigenvalue weighted by Gasteiger charge is -2.33. The maximum atomic E-state index is 13.3. The van der Waals surface area contributed by atoms with Crippen LogP contribution in [0.5, 0.6) is 5.75 Å². The second-order valence-electron chi connectivity index (χ2n) is 8.73. The fourth-order valence-corrected chi connectivity index (χ4v) is 9.84. The maximum absolute atomic E-state index is 13.3. The molecule has 1 fully saturated rings. The van der Waals surface area contributed by atoms with Crippen molar-refractivity contribution in [1.29, 1.82) is 0 Å². The standard InChI is InChI=1S/C22H25N3O4Si/c1-29-17-11-7-8-12-18(17)30(2,3)20-15-13-16(26)19(20)25-22(28)23(21(27)24(15)25)14-9-5-4-6-10-14/h4-12,15-16,19-20,26H,13H2,1-3H3/t15-,16-,19+,20+/m1/s1. The van der Waals surface area contributed by atoms with Gasteiger partial charge in [-0.15, -0.1) is 0 Å². The first-order valence-corrected chi connectivity index (χ1v) is 13.3. The molecule has 8 heteroatoms. The van der Waals surface area contributed by atoms with Crippen LogP contribution in [0.1, 0.15) is 18.5 Å². The third-order valence-corrected chi connectivity index (χ3v) is 11.1. The molecule has 1 N–H and O–H groups in total. The Morgan fingerprint density at radius 3 is 2.30 bits per heavy atom. The van der Waals surface area contributed by atoms with E-state index in [4.69, 9.17) is 4.74 Å². The highest BCUT2D eigenvalue weighted by atomic mass is 28.3. The van der Waals surface area contributed by atoms with Crippen molar-refractivity contribution in [3.05, 3.63) is 75.6 Å². The van der Waals surface area contributed by atoms with Gasteiger partial charge in [0.2, 0.25) is 0 Å². The number of nitrogens with zero attached hydrogens (tertiary/aromatic N) is 3. The predicted molar refractivity (Wildman–Crippen MR) is 117 cm³/mol. The van der Waals surface area contributed by atoms with E-state index in [1.165, 1.54) is 9.25 Å². The summed E-state index contributed by atoms with van der Waals surface area (Å²) in [5.74, 6) is 0.827. The third-order valence-electron chi connectivity index (χ3n) is 6.91. The third kappa shape index (κ3) is 2.40. The van der Waals surface area contributed by atoms with Gasteiger partial charge in [0.05, 0.1) is 39.1 Å². The van der Waals surface area contributed by atoms with Crippen LogP contribution >= 0.6 is 0 Å². The van der Waals surface area contributed by atoms with Gasteiger partial charge in [-0.25, -0.2) is 23.5 Å². The Balaban J connectivity index is 1.67. The molecule has 0 spiro atoms. The van der Waals surface area contributed by atoms with Gasteiger partial charge < -0.3 is 9.84 Å².